The van der Waals surface area contributed by atoms with E-state index in [9.17, 15) is 31.1 Å². The molecule has 2 heterocycles. The lowest BCUT2D eigenvalue weighted by atomic mass is 10.0. The molecule has 3 rings (SSSR count). The number of rotatable bonds is 9. The van der Waals surface area contributed by atoms with Crippen LogP contribution in [-0.4, -0.2) is 69.7 Å². The monoisotopic (exact) mass is 631 g/mol. The van der Waals surface area contributed by atoms with Crippen LogP contribution in [-0.2, 0) is 22.7 Å². The molecular formula is C25H32ClF6N5O5. The van der Waals surface area contributed by atoms with Crippen LogP contribution in [0.4, 0.5) is 32.2 Å². The van der Waals surface area contributed by atoms with Gasteiger partial charge in [-0.1, -0.05) is 30.2 Å². The maximum absolute atomic E-state index is 12.8. The van der Waals surface area contributed by atoms with E-state index in [-0.39, 0.29) is 5.56 Å². The van der Waals surface area contributed by atoms with Crippen LogP contribution in [0, 0.1) is 6.92 Å². The Morgan fingerprint density at radius 3 is 2.24 bits per heavy atom. The minimum atomic E-state index is -5.08. The molecule has 0 amide bonds. The second-order valence-corrected chi connectivity index (χ2v) is 9.42. The Bertz CT molecular complexity index is 1180. The molecule has 1 aromatic heterocycles. The number of piperidine rings is 1. The molecule has 17 heteroatoms. The maximum atomic E-state index is 12.8. The van der Waals surface area contributed by atoms with E-state index >= 15 is 0 Å². The van der Waals surface area contributed by atoms with Crippen LogP contribution >= 0.6 is 11.6 Å². The molecule has 0 radical (unpaired) electrons. The zero-order chi connectivity index (χ0) is 31.9. The van der Waals surface area contributed by atoms with Crippen molar-refractivity contribution in [3.8, 4) is 0 Å². The van der Waals surface area contributed by atoms with Crippen molar-refractivity contribution in [1.29, 1.82) is 0 Å². The summed E-state index contributed by atoms with van der Waals surface area (Å²) in [5, 5.41) is 25.1. The Morgan fingerprint density at radius 2 is 1.71 bits per heavy atom. The zero-order valence-electron chi connectivity index (χ0n) is 22.5. The van der Waals surface area contributed by atoms with E-state index in [0.29, 0.717) is 24.9 Å². The number of nitrogens with one attached hydrogen (secondary N) is 3. The predicted molar refractivity (Wildman–Crippen MR) is 143 cm³/mol. The number of aromatic nitrogens is 2. The molecule has 0 saturated carbocycles. The van der Waals surface area contributed by atoms with Crippen LogP contribution in [0.3, 0.4) is 0 Å². The van der Waals surface area contributed by atoms with E-state index in [4.69, 9.17) is 31.4 Å². The highest BCUT2D eigenvalue weighted by Gasteiger charge is 2.38. The van der Waals surface area contributed by atoms with Gasteiger partial charge in [0.25, 0.3) is 5.56 Å². The number of aryl methyl sites for hydroxylation is 1. The number of benzene rings is 1. The maximum Gasteiger partial charge on any atom is 0.490 e. The van der Waals surface area contributed by atoms with E-state index < -0.39 is 24.3 Å². The smallest absolute Gasteiger partial charge is 0.475 e. The number of carbonyl (C=O) groups is 2. The van der Waals surface area contributed by atoms with Gasteiger partial charge in [0.1, 0.15) is 0 Å². The van der Waals surface area contributed by atoms with E-state index in [1.807, 2.05) is 31.2 Å². The van der Waals surface area contributed by atoms with Crippen LogP contribution in [0.2, 0.25) is 5.02 Å². The van der Waals surface area contributed by atoms with Crippen LogP contribution in [0.1, 0.15) is 36.9 Å². The van der Waals surface area contributed by atoms with Crippen molar-refractivity contribution in [2.75, 3.05) is 25.0 Å². The molecule has 1 aliphatic rings. The minimum absolute atomic E-state index is 0.0545. The third-order valence-corrected chi connectivity index (χ3v) is 5.90. The lowest BCUT2D eigenvalue weighted by molar-refractivity contribution is -0.193. The number of hydrogen-bond donors (Lipinski definition) is 5. The molecule has 0 spiro atoms. The van der Waals surface area contributed by atoms with Crippen LogP contribution in [0.15, 0.2) is 35.3 Å². The summed E-state index contributed by atoms with van der Waals surface area (Å²) < 4.78 is 65.2. The van der Waals surface area contributed by atoms with Crippen molar-refractivity contribution in [3.05, 3.63) is 57.1 Å². The summed E-state index contributed by atoms with van der Waals surface area (Å²) in [7, 11) is 0. The molecule has 42 heavy (non-hydrogen) atoms. The largest absolute Gasteiger partial charge is 0.490 e. The zero-order valence-corrected chi connectivity index (χ0v) is 23.2. The van der Waals surface area contributed by atoms with Gasteiger partial charge in [0.2, 0.25) is 0 Å². The Kier molecular flexibility index (Phi) is 15.3. The number of nitrogens with zero attached hydrogens (tertiary/aromatic N) is 2. The van der Waals surface area contributed by atoms with Crippen LogP contribution < -0.4 is 21.5 Å². The first-order chi connectivity index (χ1) is 19.5. The van der Waals surface area contributed by atoms with Gasteiger partial charge in [0.15, 0.2) is 5.82 Å². The van der Waals surface area contributed by atoms with Gasteiger partial charge < -0.3 is 30.7 Å². The Hall–Kier alpha value is -3.37. The van der Waals surface area contributed by atoms with Crippen molar-refractivity contribution in [1.82, 2.24) is 20.2 Å². The first-order valence-corrected chi connectivity index (χ1v) is 13.0. The van der Waals surface area contributed by atoms with Gasteiger partial charge in [0.05, 0.1) is 0 Å². The molecule has 236 valence electrons. The number of aliphatic carboxylic acids is 2. The molecule has 1 aromatic carbocycles. The van der Waals surface area contributed by atoms with Crippen LogP contribution in [0.25, 0.3) is 0 Å². The Balaban J connectivity index is 0.000000522. The van der Waals surface area contributed by atoms with Gasteiger partial charge in [-0.3, -0.25) is 4.79 Å². The number of anilines is 1. The van der Waals surface area contributed by atoms with Gasteiger partial charge >= 0.3 is 24.3 Å². The second kappa shape index (κ2) is 17.6. The first-order valence-electron chi connectivity index (χ1n) is 12.6. The molecule has 1 saturated heterocycles. The van der Waals surface area contributed by atoms with Crippen molar-refractivity contribution >= 4 is 29.4 Å². The highest BCUT2D eigenvalue weighted by molar-refractivity contribution is 6.30. The van der Waals surface area contributed by atoms with Gasteiger partial charge in [-0.15, -0.1) is 0 Å². The summed E-state index contributed by atoms with van der Waals surface area (Å²) >= 11 is 6.01. The van der Waals surface area contributed by atoms with E-state index in [0.717, 1.165) is 42.3 Å². The van der Waals surface area contributed by atoms with Crippen molar-refractivity contribution in [2.45, 2.75) is 64.1 Å². The average Bonchev–Trinajstić information content (AvgIpc) is 2.90. The fraction of sp³-hybridized carbons (Fsp3) is 0.520. The molecule has 1 unspecified atom stereocenters. The molecular weight excluding hydrogens is 600 g/mol. The van der Waals surface area contributed by atoms with Gasteiger partial charge in [-0.2, -0.15) is 26.3 Å². The quantitative estimate of drug-likeness (QED) is 0.203. The number of alkyl halides is 6. The molecule has 0 aliphatic carbocycles. The number of hydrogen-bond acceptors (Lipinski definition) is 7. The highest BCUT2D eigenvalue weighted by atomic mass is 35.5. The molecule has 1 atom stereocenters. The van der Waals surface area contributed by atoms with E-state index in [1.54, 1.807) is 10.8 Å². The first kappa shape index (κ1) is 36.7. The highest BCUT2D eigenvalue weighted by Crippen LogP contribution is 2.14. The molecule has 5 N–H and O–H groups in total. The lowest BCUT2D eigenvalue weighted by Crippen LogP contribution is -2.36. The SMILES string of the molecule is Cc1cnc(NCCC2CCCCN2)c(=O)n1CCNCc1cccc(Cl)c1.O=C(O)C(F)(F)F.O=C(O)C(F)(F)F. The predicted octanol–water partition coefficient (Wildman–Crippen LogP) is 4.21. The van der Waals surface area contributed by atoms with Crippen LogP contribution in [0.5, 0.6) is 0 Å². The molecule has 10 nitrogen and oxygen atoms in total. The number of halogens is 7. The third-order valence-electron chi connectivity index (χ3n) is 5.67. The lowest BCUT2D eigenvalue weighted by Gasteiger charge is -2.23. The molecule has 1 aliphatic heterocycles. The molecule has 0 bridgehead atoms. The topological polar surface area (TPSA) is 146 Å². The number of carboxylic acid groups (broad SMARTS) is 2. The van der Waals surface area contributed by atoms with E-state index in [1.165, 1.54) is 19.3 Å². The summed E-state index contributed by atoms with van der Waals surface area (Å²) in [6.45, 7) is 5.80. The fourth-order valence-corrected chi connectivity index (χ4v) is 3.79. The van der Waals surface area contributed by atoms with Crippen molar-refractivity contribution in [3.63, 3.8) is 0 Å². The summed E-state index contributed by atoms with van der Waals surface area (Å²) in [4.78, 5) is 34.9. The number of carboxylic acids is 2. The molecule has 2 aromatic rings. The summed E-state index contributed by atoms with van der Waals surface area (Å²) in [6.07, 6.45) is -3.63. The standard InChI is InChI=1S/C21H30ClN5O.2C2HF3O2/c1-16-14-26-20(25-10-8-19-7-2-3-9-24-19)21(28)27(16)12-11-23-15-17-5-4-6-18(22)13-17;2*3-2(4,5)1(6)7/h4-6,13-14,19,23-24H,2-3,7-12,15H2,1H3,(H,25,26);2*(H,6,7). The fourth-order valence-electron chi connectivity index (χ4n) is 3.58. The summed E-state index contributed by atoms with van der Waals surface area (Å²) in [5.41, 5.74) is 1.94. The Morgan fingerprint density at radius 1 is 1.10 bits per heavy atom. The van der Waals surface area contributed by atoms with E-state index in [2.05, 4.69) is 20.9 Å². The minimum Gasteiger partial charge on any atom is -0.475 e. The van der Waals surface area contributed by atoms with Crippen molar-refractivity contribution < 1.29 is 46.1 Å². The average molecular weight is 632 g/mol. The summed E-state index contributed by atoms with van der Waals surface area (Å²) in [5.74, 6) is -5.07. The second-order valence-electron chi connectivity index (χ2n) is 8.98. The van der Waals surface area contributed by atoms with Gasteiger partial charge in [-0.25, -0.2) is 14.6 Å². The summed E-state index contributed by atoms with van der Waals surface area (Å²) in [6, 6.07) is 8.33. The van der Waals surface area contributed by atoms with Crippen molar-refractivity contribution in [2.24, 2.45) is 0 Å². The van der Waals surface area contributed by atoms with Gasteiger partial charge in [0, 0.05) is 49.1 Å². The Labute approximate surface area is 242 Å². The normalized spacial score (nSPS) is 15.0. The third kappa shape index (κ3) is 14.5. The molecule has 1 fully saturated rings. The van der Waals surface area contributed by atoms with Gasteiger partial charge in [-0.05, 0) is 50.4 Å².